The van der Waals surface area contributed by atoms with Crippen molar-refractivity contribution in [3.05, 3.63) is 51.5 Å². The van der Waals surface area contributed by atoms with Gasteiger partial charge in [0.25, 0.3) is 0 Å². The van der Waals surface area contributed by atoms with Gasteiger partial charge in [-0.3, -0.25) is 4.79 Å². The summed E-state index contributed by atoms with van der Waals surface area (Å²) in [6.07, 6.45) is -3.93. The summed E-state index contributed by atoms with van der Waals surface area (Å²) in [5.74, 6) is -0.518. The predicted octanol–water partition coefficient (Wildman–Crippen LogP) is 2.89. The second-order valence-corrected chi connectivity index (χ2v) is 5.02. The maximum atomic E-state index is 12.6. The van der Waals surface area contributed by atoms with Gasteiger partial charge in [0.15, 0.2) is 0 Å². The van der Waals surface area contributed by atoms with E-state index in [1.807, 2.05) is 0 Å². The van der Waals surface area contributed by atoms with E-state index in [2.05, 4.69) is 4.98 Å². The molecule has 2 N–H and O–H groups in total. The Balaban J connectivity index is 2.28. The molecule has 0 aliphatic heterocycles. The van der Waals surface area contributed by atoms with E-state index < -0.39 is 17.5 Å². The fourth-order valence-corrected chi connectivity index (χ4v) is 2.43. The number of benzene rings is 1. The third-order valence-corrected chi connectivity index (χ3v) is 3.50. The lowest BCUT2D eigenvalue weighted by Gasteiger charge is -2.07. The van der Waals surface area contributed by atoms with Crippen LogP contribution in [-0.4, -0.2) is 17.3 Å². The van der Waals surface area contributed by atoms with Crippen LogP contribution in [0.4, 0.5) is 13.2 Å². The third kappa shape index (κ3) is 3.23. The molecule has 0 amide bonds. The Morgan fingerprint density at radius 2 is 2.10 bits per heavy atom. The summed E-state index contributed by atoms with van der Waals surface area (Å²) in [5, 5.41) is 2.23. The molecule has 0 aliphatic rings. The Hall–Kier alpha value is -1.73. The average Bonchev–Trinajstić information content (AvgIpc) is 2.86. The Morgan fingerprint density at radius 1 is 1.35 bits per heavy atom. The molecule has 0 saturated heterocycles. The average molecular weight is 300 g/mol. The third-order valence-electron chi connectivity index (χ3n) is 2.59. The summed E-state index contributed by atoms with van der Waals surface area (Å²) in [5.41, 5.74) is 4.66. The highest BCUT2D eigenvalue weighted by Crippen LogP contribution is 2.30. The standard InChI is InChI=1S/C13H11F3N2OS/c14-13(15,16)9-3-1-2-8(6-9)12(19)10-7-20-11(18-10)4-5-17/h1-3,6-7H,4-5,17H2. The van der Waals surface area contributed by atoms with E-state index >= 15 is 0 Å². The van der Waals surface area contributed by atoms with Crippen LogP contribution in [0.25, 0.3) is 0 Å². The van der Waals surface area contributed by atoms with Crippen molar-refractivity contribution in [3.8, 4) is 0 Å². The van der Waals surface area contributed by atoms with Gasteiger partial charge in [-0.2, -0.15) is 13.2 Å². The van der Waals surface area contributed by atoms with Gasteiger partial charge in [0.05, 0.1) is 10.6 Å². The number of alkyl halides is 3. The van der Waals surface area contributed by atoms with Crippen LogP contribution in [0, 0.1) is 0 Å². The van der Waals surface area contributed by atoms with E-state index in [1.54, 1.807) is 0 Å². The highest BCUT2D eigenvalue weighted by molar-refractivity contribution is 7.09. The maximum Gasteiger partial charge on any atom is 0.416 e. The van der Waals surface area contributed by atoms with Crippen LogP contribution < -0.4 is 5.73 Å². The lowest BCUT2D eigenvalue weighted by atomic mass is 10.1. The number of ketones is 1. The Labute approximate surface area is 117 Å². The van der Waals surface area contributed by atoms with Crippen molar-refractivity contribution in [2.24, 2.45) is 5.73 Å². The van der Waals surface area contributed by atoms with Gasteiger partial charge < -0.3 is 5.73 Å². The van der Waals surface area contributed by atoms with E-state index in [4.69, 9.17) is 5.73 Å². The summed E-state index contributed by atoms with van der Waals surface area (Å²) in [4.78, 5) is 16.2. The van der Waals surface area contributed by atoms with Gasteiger partial charge in [-0.05, 0) is 18.7 Å². The van der Waals surface area contributed by atoms with Crippen LogP contribution in [0.5, 0.6) is 0 Å². The number of hydrogen-bond donors (Lipinski definition) is 1. The van der Waals surface area contributed by atoms with Gasteiger partial charge in [0.1, 0.15) is 5.69 Å². The number of halogens is 3. The minimum Gasteiger partial charge on any atom is -0.330 e. The van der Waals surface area contributed by atoms with Crippen molar-refractivity contribution in [1.82, 2.24) is 4.98 Å². The molecule has 0 atom stereocenters. The van der Waals surface area contributed by atoms with E-state index in [0.717, 1.165) is 12.1 Å². The molecule has 2 rings (SSSR count). The lowest BCUT2D eigenvalue weighted by Crippen LogP contribution is -2.08. The van der Waals surface area contributed by atoms with Crippen LogP contribution in [-0.2, 0) is 12.6 Å². The second kappa shape index (κ2) is 5.72. The lowest BCUT2D eigenvalue weighted by molar-refractivity contribution is -0.137. The first-order valence-electron chi connectivity index (χ1n) is 5.78. The van der Waals surface area contributed by atoms with Gasteiger partial charge >= 0.3 is 6.18 Å². The van der Waals surface area contributed by atoms with Gasteiger partial charge in [-0.25, -0.2) is 4.98 Å². The van der Waals surface area contributed by atoms with Crippen molar-refractivity contribution in [3.63, 3.8) is 0 Å². The quantitative estimate of drug-likeness (QED) is 0.883. The summed E-state index contributed by atoms with van der Waals surface area (Å²) in [6.45, 7) is 0.407. The zero-order valence-electron chi connectivity index (χ0n) is 10.3. The number of hydrogen-bond acceptors (Lipinski definition) is 4. The van der Waals surface area contributed by atoms with Crippen molar-refractivity contribution >= 4 is 17.1 Å². The number of aromatic nitrogens is 1. The second-order valence-electron chi connectivity index (χ2n) is 4.07. The van der Waals surface area contributed by atoms with Crippen LogP contribution in [0.3, 0.4) is 0 Å². The van der Waals surface area contributed by atoms with E-state index in [1.165, 1.54) is 28.8 Å². The topological polar surface area (TPSA) is 56.0 Å². The van der Waals surface area contributed by atoms with E-state index in [0.29, 0.717) is 18.0 Å². The highest BCUT2D eigenvalue weighted by atomic mass is 32.1. The highest BCUT2D eigenvalue weighted by Gasteiger charge is 2.31. The molecule has 3 nitrogen and oxygen atoms in total. The Morgan fingerprint density at radius 3 is 2.75 bits per heavy atom. The molecule has 0 radical (unpaired) electrons. The number of rotatable bonds is 4. The molecule has 0 aliphatic carbocycles. The number of nitrogens with zero attached hydrogens (tertiary/aromatic N) is 1. The molecule has 1 aromatic carbocycles. The summed E-state index contributed by atoms with van der Waals surface area (Å²) in [6, 6.07) is 4.32. The Bertz CT molecular complexity index is 622. The first-order valence-corrected chi connectivity index (χ1v) is 6.66. The monoisotopic (exact) mass is 300 g/mol. The molecule has 0 unspecified atom stereocenters. The Kier molecular flexibility index (Phi) is 4.20. The summed E-state index contributed by atoms with van der Waals surface area (Å²) < 4.78 is 37.8. The van der Waals surface area contributed by atoms with Gasteiger partial charge in [0.2, 0.25) is 5.78 Å². The molecule has 0 bridgehead atoms. The van der Waals surface area contributed by atoms with E-state index in [-0.39, 0.29) is 11.3 Å². The van der Waals surface area contributed by atoms with Crippen molar-refractivity contribution in [2.75, 3.05) is 6.54 Å². The molecule has 1 aromatic heterocycles. The molecular weight excluding hydrogens is 289 g/mol. The number of thiazole rings is 1. The van der Waals surface area contributed by atoms with Crippen molar-refractivity contribution in [1.29, 1.82) is 0 Å². The van der Waals surface area contributed by atoms with Crippen LogP contribution >= 0.6 is 11.3 Å². The fraction of sp³-hybridized carbons (Fsp3) is 0.231. The normalized spacial score (nSPS) is 11.6. The number of nitrogens with two attached hydrogens (primary N) is 1. The van der Waals surface area contributed by atoms with Crippen molar-refractivity contribution < 1.29 is 18.0 Å². The smallest absolute Gasteiger partial charge is 0.330 e. The zero-order valence-corrected chi connectivity index (χ0v) is 11.1. The van der Waals surface area contributed by atoms with Gasteiger partial charge in [0, 0.05) is 17.4 Å². The zero-order chi connectivity index (χ0) is 14.8. The molecule has 7 heteroatoms. The van der Waals surface area contributed by atoms with Crippen molar-refractivity contribution in [2.45, 2.75) is 12.6 Å². The molecule has 2 aromatic rings. The van der Waals surface area contributed by atoms with Gasteiger partial charge in [-0.15, -0.1) is 11.3 Å². The fourth-order valence-electron chi connectivity index (χ4n) is 1.64. The first-order chi connectivity index (χ1) is 9.41. The van der Waals surface area contributed by atoms with Gasteiger partial charge in [-0.1, -0.05) is 12.1 Å². The summed E-state index contributed by atoms with van der Waals surface area (Å²) >= 11 is 1.27. The molecular formula is C13H11F3N2OS. The number of carbonyl (C=O) groups excluding carboxylic acids is 1. The predicted molar refractivity (Wildman–Crippen MR) is 69.7 cm³/mol. The number of carbonyl (C=O) groups is 1. The molecule has 0 saturated carbocycles. The minimum atomic E-state index is -4.47. The summed E-state index contributed by atoms with van der Waals surface area (Å²) in [7, 11) is 0. The maximum absolute atomic E-state index is 12.6. The largest absolute Gasteiger partial charge is 0.416 e. The van der Waals surface area contributed by atoms with Crippen LogP contribution in [0.15, 0.2) is 29.6 Å². The van der Waals surface area contributed by atoms with Crippen LogP contribution in [0.1, 0.15) is 26.6 Å². The molecule has 0 fully saturated rings. The molecule has 106 valence electrons. The first kappa shape index (κ1) is 14.7. The molecule has 0 spiro atoms. The van der Waals surface area contributed by atoms with E-state index in [9.17, 15) is 18.0 Å². The minimum absolute atomic E-state index is 0.0237. The molecule has 1 heterocycles. The van der Waals surface area contributed by atoms with Crippen LogP contribution in [0.2, 0.25) is 0 Å². The molecule has 20 heavy (non-hydrogen) atoms. The SMILES string of the molecule is NCCc1nc(C(=O)c2cccc(C(F)(F)F)c2)cs1.